The van der Waals surface area contributed by atoms with Gasteiger partial charge < -0.3 is 0 Å². The van der Waals surface area contributed by atoms with Gasteiger partial charge in [0.15, 0.2) is 40.7 Å². The van der Waals surface area contributed by atoms with E-state index >= 15 is 26.3 Å². The van der Waals surface area contributed by atoms with Crippen LogP contribution in [0.15, 0.2) is 54.6 Å². The molecule has 37 heavy (non-hydrogen) atoms. The van der Waals surface area contributed by atoms with E-state index in [9.17, 15) is 8.78 Å². The van der Waals surface area contributed by atoms with Crippen LogP contribution in [0.3, 0.4) is 0 Å². The molecule has 1 aliphatic rings. The molecule has 1 heterocycles. The third-order valence-corrected chi connectivity index (χ3v) is 7.28. The van der Waals surface area contributed by atoms with Crippen LogP contribution in [0.4, 0.5) is 35.1 Å². The number of fused-ring (bicyclic) bond motifs is 2. The summed E-state index contributed by atoms with van der Waals surface area (Å²) in [5.41, 5.74) is 0.106. The molecule has 0 atom stereocenters. The van der Waals surface area contributed by atoms with E-state index in [4.69, 9.17) is 0 Å². The third kappa shape index (κ3) is 2.49. The van der Waals surface area contributed by atoms with Gasteiger partial charge in [-0.15, -0.1) is 0 Å². The molecule has 0 unspecified atom stereocenters. The van der Waals surface area contributed by atoms with Crippen LogP contribution >= 0.6 is 0 Å². The number of benzene rings is 6. The molecule has 0 spiro atoms. The Balaban J connectivity index is 1.89. The Hall–Kier alpha value is -4.14. The summed E-state index contributed by atoms with van der Waals surface area (Å²) in [6.07, 6.45) is 0. The maximum Gasteiger partial charge on any atom is 0.246 e. The Labute approximate surface area is 203 Å². The van der Waals surface area contributed by atoms with Crippen molar-refractivity contribution in [1.82, 2.24) is 0 Å². The molecule has 0 radical (unpaired) electrons. The van der Waals surface area contributed by atoms with Gasteiger partial charge in [0.1, 0.15) is 5.82 Å². The maximum atomic E-state index is 16.2. The van der Waals surface area contributed by atoms with Crippen LogP contribution in [0.5, 0.6) is 0 Å². The van der Waals surface area contributed by atoms with Crippen LogP contribution in [0.2, 0.25) is 0 Å². The minimum absolute atomic E-state index is 0.140. The van der Waals surface area contributed by atoms with E-state index in [1.165, 1.54) is 12.1 Å². The van der Waals surface area contributed by atoms with E-state index < -0.39 is 91.2 Å². The summed E-state index contributed by atoms with van der Waals surface area (Å²) in [5, 5.41) is -5.66. The molecular weight excluding hydrogens is 499 g/mol. The van der Waals surface area contributed by atoms with Crippen LogP contribution in [0.1, 0.15) is 0 Å². The van der Waals surface area contributed by atoms with E-state index in [-0.39, 0.29) is 10.9 Å². The molecule has 0 N–H and O–H groups in total. The Kier molecular flexibility index (Phi) is 4.31. The summed E-state index contributed by atoms with van der Waals surface area (Å²) in [6, 6.07) is 14.4. The average molecular weight is 508 g/mol. The Morgan fingerprint density at radius 1 is 0.405 bits per heavy atom. The Morgan fingerprint density at radius 3 is 1.54 bits per heavy atom. The highest BCUT2D eigenvalue weighted by molar-refractivity contribution is 6.98. The maximum absolute atomic E-state index is 16.2. The third-order valence-electron chi connectivity index (χ3n) is 7.28. The quantitative estimate of drug-likeness (QED) is 0.107. The summed E-state index contributed by atoms with van der Waals surface area (Å²) in [6.45, 7) is -1.03. The van der Waals surface area contributed by atoms with E-state index in [0.717, 1.165) is 0 Å². The zero-order chi connectivity index (χ0) is 25.9. The van der Waals surface area contributed by atoms with Gasteiger partial charge in [0.05, 0.1) is 16.2 Å². The summed E-state index contributed by atoms with van der Waals surface area (Å²) in [7, 11) is 0. The van der Waals surface area contributed by atoms with Gasteiger partial charge >= 0.3 is 0 Å². The molecule has 0 nitrogen and oxygen atoms in total. The lowest BCUT2D eigenvalue weighted by Crippen LogP contribution is -2.56. The van der Waals surface area contributed by atoms with Crippen molar-refractivity contribution >= 4 is 55.4 Å². The molecule has 0 aromatic heterocycles. The molecule has 0 amide bonds. The van der Waals surface area contributed by atoms with Crippen molar-refractivity contribution in [1.29, 1.82) is 0 Å². The van der Waals surface area contributed by atoms with Crippen LogP contribution in [-0.4, -0.2) is 6.71 Å². The first kappa shape index (κ1) is 22.1. The minimum Gasteiger partial charge on any atom is -0.205 e. The molecule has 1 aliphatic heterocycles. The molecule has 6 aromatic carbocycles. The smallest absolute Gasteiger partial charge is 0.205 e. The first-order valence-corrected chi connectivity index (χ1v) is 11.1. The molecule has 0 fully saturated rings. The van der Waals surface area contributed by atoms with Gasteiger partial charge in [0.25, 0.3) is 0 Å². The van der Waals surface area contributed by atoms with Crippen molar-refractivity contribution in [2.45, 2.75) is 0 Å². The number of hydrogen-bond acceptors (Lipinski definition) is 0. The second-order valence-corrected chi connectivity index (χ2v) is 8.98. The van der Waals surface area contributed by atoms with Crippen molar-refractivity contribution in [3.8, 4) is 11.1 Å². The van der Waals surface area contributed by atoms with E-state index in [1.54, 1.807) is 42.5 Å². The molecule has 180 valence electrons. The van der Waals surface area contributed by atoms with Crippen molar-refractivity contribution in [3.63, 3.8) is 0 Å². The zero-order valence-corrected chi connectivity index (χ0v) is 18.3. The highest BCUT2D eigenvalue weighted by Crippen LogP contribution is 2.48. The normalized spacial score (nSPS) is 12.8. The fraction of sp³-hybridized carbons (Fsp3) is 0. The average Bonchev–Trinajstić information content (AvgIpc) is 2.90. The topological polar surface area (TPSA) is 0 Å². The summed E-state index contributed by atoms with van der Waals surface area (Å²) in [4.78, 5) is 0. The van der Waals surface area contributed by atoms with Crippen LogP contribution in [0, 0.1) is 46.5 Å². The molecular formula is C28H9BF8. The monoisotopic (exact) mass is 508 g/mol. The van der Waals surface area contributed by atoms with Gasteiger partial charge in [-0.25, -0.2) is 35.1 Å². The van der Waals surface area contributed by atoms with Gasteiger partial charge in [0.2, 0.25) is 6.71 Å². The first-order valence-electron chi connectivity index (χ1n) is 11.1. The molecule has 6 aromatic rings. The fourth-order valence-electron chi connectivity index (χ4n) is 5.85. The van der Waals surface area contributed by atoms with Crippen molar-refractivity contribution in [2.75, 3.05) is 0 Å². The fourth-order valence-corrected chi connectivity index (χ4v) is 5.85. The minimum atomic E-state index is -2.21. The summed E-state index contributed by atoms with van der Waals surface area (Å²) < 4.78 is 122. The lowest BCUT2D eigenvalue weighted by Gasteiger charge is -2.30. The van der Waals surface area contributed by atoms with E-state index in [0.29, 0.717) is 10.9 Å². The summed E-state index contributed by atoms with van der Waals surface area (Å²) in [5.74, 6) is -15.1. The van der Waals surface area contributed by atoms with Crippen LogP contribution in [0.25, 0.3) is 43.4 Å². The van der Waals surface area contributed by atoms with Crippen molar-refractivity contribution in [3.05, 3.63) is 101 Å². The predicted molar refractivity (Wildman–Crippen MR) is 126 cm³/mol. The van der Waals surface area contributed by atoms with Gasteiger partial charge in [-0.2, -0.15) is 0 Å². The highest BCUT2D eigenvalue weighted by atomic mass is 19.2. The number of halogens is 8. The van der Waals surface area contributed by atoms with Gasteiger partial charge in [-0.1, -0.05) is 65.5 Å². The molecule has 7 rings (SSSR count). The van der Waals surface area contributed by atoms with Gasteiger partial charge in [0, 0.05) is 16.3 Å². The van der Waals surface area contributed by atoms with Crippen LogP contribution < -0.4 is 16.4 Å². The number of hydrogen-bond donors (Lipinski definition) is 0. The molecule has 0 saturated carbocycles. The van der Waals surface area contributed by atoms with Crippen LogP contribution in [-0.2, 0) is 0 Å². The van der Waals surface area contributed by atoms with Crippen molar-refractivity contribution < 1.29 is 35.1 Å². The lowest BCUT2D eigenvalue weighted by molar-refractivity contribution is 0.451. The van der Waals surface area contributed by atoms with E-state index in [2.05, 4.69) is 0 Å². The van der Waals surface area contributed by atoms with Crippen molar-refractivity contribution in [2.24, 2.45) is 0 Å². The number of rotatable bonds is 1. The molecule has 0 saturated heterocycles. The SMILES string of the molecule is Fc1c(F)c2c(F)c(F)c3c(F)c(F)c4c5c(c(F)c(c1F)c2c35)-c1ccccc1B4c1ccccc1. The lowest BCUT2D eigenvalue weighted by atomic mass is 9.33. The van der Waals surface area contributed by atoms with Gasteiger partial charge in [-0.3, -0.25) is 0 Å². The molecule has 0 bridgehead atoms. The largest absolute Gasteiger partial charge is 0.246 e. The molecule has 0 aliphatic carbocycles. The Bertz CT molecular complexity index is 1970. The van der Waals surface area contributed by atoms with E-state index in [1.807, 2.05) is 0 Å². The standard InChI is InChI=1S/C28H9BF8/c30-21-13-11-8-4-5-9-12(11)29(10-6-2-1-3-7-10)20-16(13)14-15-17(21)25(34)28(37)26(35)19(15)23(32)22(31)18(14)24(33)27(20)36/h1-9H. The van der Waals surface area contributed by atoms with Gasteiger partial charge in [-0.05, 0) is 16.4 Å². The predicted octanol–water partition coefficient (Wildman–Crippen LogP) is 6.19. The zero-order valence-electron chi connectivity index (χ0n) is 18.3. The molecule has 9 heteroatoms. The Morgan fingerprint density at radius 2 is 0.892 bits per heavy atom. The second-order valence-electron chi connectivity index (χ2n) is 8.98. The second kappa shape index (κ2) is 7.21. The summed E-state index contributed by atoms with van der Waals surface area (Å²) >= 11 is 0. The first-order chi connectivity index (χ1) is 17.8. The highest BCUT2D eigenvalue weighted by Gasteiger charge is 2.41.